The number of halogens is 2. The van der Waals surface area contributed by atoms with E-state index < -0.39 is 17.3 Å². The van der Waals surface area contributed by atoms with E-state index in [1.165, 1.54) is 18.2 Å². The molecule has 3 nitrogen and oxygen atoms in total. The predicted molar refractivity (Wildman–Crippen MR) is 68.4 cm³/mol. The first kappa shape index (κ1) is 13.0. The van der Waals surface area contributed by atoms with Crippen LogP contribution in [0.4, 0.5) is 4.39 Å². The average Bonchev–Trinajstić information content (AvgIpc) is 2.81. The van der Waals surface area contributed by atoms with E-state index in [9.17, 15) is 14.4 Å². The van der Waals surface area contributed by atoms with Crippen molar-refractivity contribution in [3.63, 3.8) is 0 Å². The molecule has 2 rings (SSSR count). The molecule has 0 aromatic heterocycles. The maximum atomic E-state index is 13.1. The summed E-state index contributed by atoms with van der Waals surface area (Å²) in [6.45, 7) is 0. The van der Waals surface area contributed by atoms with Crippen molar-refractivity contribution < 1.29 is 9.18 Å². The Morgan fingerprint density at radius 3 is 2.72 bits per heavy atom. The molecule has 0 aliphatic heterocycles. The Morgan fingerprint density at radius 2 is 2.11 bits per heavy atom. The van der Waals surface area contributed by atoms with E-state index in [1.54, 1.807) is 0 Å². The molecule has 1 amide bonds. The van der Waals surface area contributed by atoms with Crippen LogP contribution in [0.15, 0.2) is 22.7 Å². The van der Waals surface area contributed by atoms with Gasteiger partial charge in [-0.1, -0.05) is 0 Å². The summed E-state index contributed by atoms with van der Waals surface area (Å²) in [4.78, 5) is 12.1. The fourth-order valence-corrected chi connectivity index (χ4v) is 2.63. The van der Waals surface area contributed by atoms with E-state index in [0.29, 0.717) is 17.3 Å². The topological polar surface area (TPSA) is 52.9 Å². The molecule has 1 N–H and O–H groups in total. The first-order chi connectivity index (χ1) is 8.56. The lowest BCUT2D eigenvalue weighted by Gasteiger charge is -2.22. The van der Waals surface area contributed by atoms with Crippen LogP contribution in [0.1, 0.15) is 36.0 Å². The standard InChI is InChI=1S/C13H12BrFN2O/c14-11-4-3-9(15)7-10(11)12(18)17-13(8-16)5-1-2-6-13/h3-4,7H,1-2,5-6H2,(H,17,18). The third-order valence-corrected chi connectivity index (χ3v) is 3.89. The number of nitrogens with zero attached hydrogens (tertiary/aromatic N) is 1. The maximum Gasteiger partial charge on any atom is 0.253 e. The summed E-state index contributed by atoms with van der Waals surface area (Å²) >= 11 is 3.21. The zero-order valence-corrected chi connectivity index (χ0v) is 11.3. The number of benzene rings is 1. The van der Waals surface area contributed by atoms with Gasteiger partial charge in [0.15, 0.2) is 0 Å². The van der Waals surface area contributed by atoms with Gasteiger partial charge in [0, 0.05) is 4.47 Å². The lowest BCUT2D eigenvalue weighted by Crippen LogP contribution is -2.45. The van der Waals surface area contributed by atoms with Gasteiger partial charge in [0.25, 0.3) is 5.91 Å². The lowest BCUT2D eigenvalue weighted by molar-refractivity contribution is 0.0919. The van der Waals surface area contributed by atoms with Crippen LogP contribution in [0.25, 0.3) is 0 Å². The first-order valence-electron chi connectivity index (χ1n) is 5.75. The third kappa shape index (κ3) is 2.54. The molecule has 0 heterocycles. The average molecular weight is 311 g/mol. The van der Waals surface area contributed by atoms with Crippen molar-refractivity contribution >= 4 is 21.8 Å². The van der Waals surface area contributed by atoms with Gasteiger partial charge in [-0.15, -0.1) is 0 Å². The van der Waals surface area contributed by atoms with Gasteiger partial charge in [-0.25, -0.2) is 4.39 Å². The molecule has 1 aliphatic carbocycles. The number of nitriles is 1. The second-order valence-electron chi connectivity index (χ2n) is 4.48. The Bertz CT molecular complexity index is 518. The molecular formula is C13H12BrFN2O. The van der Waals surface area contributed by atoms with E-state index >= 15 is 0 Å². The van der Waals surface area contributed by atoms with Gasteiger partial charge in [-0.3, -0.25) is 4.79 Å². The van der Waals surface area contributed by atoms with Gasteiger partial charge in [0.05, 0.1) is 11.6 Å². The quantitative estimate of drug-likeness (QED) is 0.912. The largest absolute Gasteiger partial charge is 0.334 e. The molecule has 1 aromatic carbocycles. The summed E-state index contributed by atoms with van der Waals surface area (Å²) < 4.78 is 13.7. The summed E-state index contributed by atoms with van der Waals surface area (Å²) in [5.74, 6) is -0.884. The number of hydrogen-bond donors (Lipinski definition) is 1. The zero-order chi connectivity index (χ0) is 13.2. The Kier molecular flexibility index (Phi) is 3.67. The van der Waals surface area contributed by atoms with Crippen molar-refractivity contribution in [2.75, 3.05) is 0 Å². The van der Waals surface area contributed by atoms with E-state index in [0.717, 1.165) is 12.8 Å². The monoisotopic (exact) mass is 310 g/mol. The van der Waals surface area contributed by atoms with E-state index in [-0.39, 0.29) is 5.56 Å². The van der Waals surface area contributed by atoms with E-state index in [4.69, 9.17) is 0 Å². The minimum absolute atomic E-state index is 0.219. The van der Waals surface area contributed by atoms with Gasteiger partial charge in [-0.2, -0.15) is 5.26 Å². The molecule has 0 radical (unpaired) electrons. The van der Waals surface area contributed by atoms with Crippen LogP contribution >= 0.6 is 15.9 Å². The number of rotatable bonds is 2. The lowest BCUT2D eigenvalue weighted by atomic mass is 9.99. The second-order valence-corrected chi connectivity index (χ2v) is 5.33. The number of nitrogens with one attached hydrogen (secondary N) is 1. The normalized spacial score (nSPS) is 17.2. The summed E-state index contributed by atoms with van der Waals surface area (Å²) in [7, 11) is 0. The predicted octanol–water partition coefficient (Wildman–Crippen LogP) is 3.15. The highest BCUT2D eigenvalue weighted by molar-refractivity contribution is 9.10. The molecular weight excluding hydrogens is 299 g/mol. The van der Waals surface area contributed by atoms with Crippen LogP contribution in [0.2, 0.25) is 0 Å². The van der Waals surface area contributed by atoms with Crippen molar-refractivity contribution in [2.45, 2.75) is 31.2 Å². The van der Waals surface area contributed by atoms with Gasteiger partial charge >= 0.3 is 0 Å². The molecule has 0 unspecified atom stereocenters. The summed E-state index contributed by atoms with van der Waals surface area (Å²) in [5, 5.41) is 11.9. The molecule has 0 atom stereocenters. The van der Waals surface area contributed by atoms with Crippen molar-refractivity contribution in [3.05, 3.63) is 34.1 Å². The Balaban J connectivity index is 2.22. The molecule has 1 aromatic rings. The second kappa shape index (κ2) is 5.07. The molecule has 0 saturated heterocycles. The van der Waals surface area contributed by atoms with Crippen molar-refractivity contribution in [3.8, 4) is 6.07 Å². The molecule has 0 bridgehead atoms. The maximum absolute atomic E-state index is 13.1. The number of carbonyl (C=O) groups excluding carboxylic acids is 1. The van der Waals surface area contributed by atoms with Crippen LogP contribution in [-0.4, -0.2) is 11.4 Å². The fourth-order valence-electron chi connectivity index (χ4n) is 2.20. The van der Waals surface area contributed by atoms with Crippen molar-refractivity contribution in [1.82, 2.24) is 5.32 Å². The Morgan fingerprint density at radius 1 is 1.44 bits per heavy atom. The van der Waals surface area contributed by atoms with Gasteiger partial charge in [0.1, 0.15) is 11.4 Å². The highest BCUT2D eigenvalue weighted by atomic mass is 79.9. The minimum atomic E-state index is -0.789. The number of carbonyl (C=O) groups is 1. The summed E-state index contributed by atoms with van der Waals surface area (Å²) in [5.41, 5.74) is -0.570. The smallest absolute Gasteiger partial charge is 0.253 e. The molecule has 18 heavy (non-hydrogen) atoms. The van der Waals surface area contributed by atoms with Crippen LogP contribution < -0.4 is 5.32 Å². The van der Waals surface area contributed by atoms with E-state index in [1.807, 2.05) is 0 Å². The zero-order valence-electron chi connectivity index (χ0n) is 9.67. The Hall–Kier alpha value is -1.41. The highest BCUT2D eigenvalue weighted by Gasteiger charge is 2.35. The van der Waals surface area contributed by atoms with Crippen LogP contribution in [-0.2, 0) is 0 Å². The number of hydrogen-bond acceptors (Lipinski definition) is 2. The Labute approximate surface area is 113 Å². The van der Waals surface area contributed by atoms with Crippen molar-refractivity contribution in [2.24, 2.45) is 0 Å². The summed E-state index contributed by atoms with van der Waals surface area (Å²) in [6.07, 6.45) is 3.17. The minimum Gasteiger partial charge on any atom is -0.334 e. The molecule has 1 aliphatic rings. The van der Waals surface area contributed by atoms with Crippen molar-refractivity contribution in [1.29, 1.82) is 5.26 Å². The molecule has 5 heteroatoms. The number of amides is 1. The molecule has 1 saturated carbocycles. The highest BCUT2D eigenvalue weighted by Crippen LogP contribution is 2.29. The van der Waals surface area contributed by atoms with Crippen LogP contribution in [0, 0.1) is 17.1 Å². The van der Waals surface area contributed by atoms with Gasteiger partial charge < -0.3 is 5.32 Å². The van der Waals surface area contributed by atoms with Gasteiger partial charge in [0.2, 0.25) is 0 Å². The first-order valence-corrected chi connectivity index (χ1v) is 6.54. The van der Waals surface area contributed by atoms with Crippen LogP contribution in [0.5, 0.6) is 0 Å². The fraction of sp³-hybridized carbons (Fsp3) is 0.385. The SMILES string of the molecule is N#CC1(NC(=O)c2cc(F)ccc2Br)CCCC1. The summed E-state index contributed by atoms with van der Waals surface area (Å²) in [6, 6.07) is 6.10. The third-order valence-electron chi connectivity index (χ3n) is 3.20. The van der Waals surface area contributed by atoms with E-state index in [2.05, 4.69) is 27.3 Å². The molecule has 1 fully saturated rings. The van der Waals surface area contributed by atoms with Crippen LogP contribution in [0.3, 0.4) is 0 Å². The molecule has 0 spiro atoms. The molecule has 94 valence electrons. The van der Waals surface area contributed by atoms with Gasteiger partial charge in [-0.05, 0) is 59.8 Å².